The van der Waals surface area contributed by atoms with E-state index >= 15 is 0 Å². The van der Waals surface area contributed by atoms with Crippen molar-refractivity contribution in [2.75, 3.05) is 0 Å². The average Bonchev–Trinajstić information content (AvgIpc) is 1.88. The van der Waals surface area contributed by atoms with Gasteiger partial charge in [-0.1, -0.05) is 19.4 Å². The molecule has 1 rings (SSSR count). The minimum Gasteiger partial charge on any atom is -1.00 e. The maximum Gasteiger partial charge on any atom is 2.00 e. The first kappa shape index (κ1) is 14.7. The van der Waals surface area contributed by atoms with Gasteiger partial charge in [0.05, 0.1) is 0 Å². The van der Waals surface area contributed by atoms with E-state index in [1.54, 1.807) is 0 Å². The molecule has 0 heterocycles. The minimum absolute atomic E-state index is 0. The zero-order valence-electron chi connectivity index (χ0n) is 7.52. The van der Waals surface area contributed by atoms with E-state index in [1.807, 2.05) is 6.07 Å². The van der Waals surface area contributed by atoms with Crippen molar-refractivity contribution in [3.63, 3.8) is 0 Å². The van der Waals surface area contributed by atoms with Crippen molar-refractivity contribution in [3.05, 3.63) is 42.3 Å². The van der Waals surface area contributed by atoms with Crippen LogP contribution in [-0.4, -0.2) is 23.1 Å². The van der Waals surface area contributed by atoms with Crippen LogP contribution < -0.4 is 12.4 Å². The summed E-state index contributed by atoms with van der Waals surface area (Å²) >= 11 is 0. The van der Waals surface area contributed by atoms with Gasteiger partial charge >= 0.3 is 23.1 Å². The number of rotatable bonds is 2. The molecule has 0 amide bonds. The summed E-state index contributed by atoms with van der Waals surface area (Å²) in [7, 11) is 0. The summed E-state index contributed by atoms with van der Waals surface area (Å²) in [4.78, 5) is 0. The second kappa shape index (κ2) is 7.78. The van der Waals surface area contributed by atoms with Crippen molar-refractivity contribution in [2.24, 2.45) is 0 Å². The molecular weight excluding hydrogens is 180 g/mol. The number of hydrogen-bond acceptors (Lipinski definition) is 0. The third-order valence-corrected chi connectivity index (χ3v) is 1.53. The second-order valence-electron chi connectivity index (χ2n) is 2.57. The minimum atomic E-state index is 0. The van der Waals surface area contributed by atoms with Gasteiger partial charge in [-0.15, -0.1) is 11.6 Å². The molecule has 0 aliphatic carbocycles. The Kier molecular flexibility index (Phi) is 9.50. The van der Waals surface area contributed by atoms with Gasteiger partial charge in [-0.25, -0.2) is 0 Å². The van der Waals surface area contributed by atoms with Gasteiger partial charge in [0, 0.05) is 0 Å². The van der Waals surface area contributed by atoms with Crippen LogP contribution in [0.25, 0.3) is 0 Å². The van der Waals surface area contributed by atoms with Gasteiger partial charge in [0.15, 0.2) is 0 Å². The summed E-state index contributed by atoms with van der Waals surface area (Å²) in [5, 5.41) is 0. The maximum absolute atomic E-state index is 3.86. The van der Waals surface area contributed by atoms with Crippen LogP contribution in [0.3, 0.4) is 0 Å². The van der Waals surface area contributed by atoms with E-state index in [9.17, 15) is 0 Å². The molecular formula is C10H13ClMg. The normalized spacial score (nSPS) is 8.08. The summed E-state index contributed by atoms with van der Waals surface area (Å²) < 4.78 is 0. The van der Waals surface area contributed by atoms with E-state index in [2.05, 4.69) is 32.0 Å². The predicted molar refractivity (Wildman–Crippen MR) is 50.7 cm³/mol. The molecule has 0 saturated heterocycles. The van der Waals surface area contributed by atoms with Crippen LogP contribution in [-0.2, 0) is 6.42 Å². The summed E-state index contributed by atoms with van der Waals surface area (Å²) in [5.74, 6) is 0. The molecule has 0 unspecified atom stereocenters. The molecule has 0 spiro atoms. The van der Waals surface area contributed by atoms with Crippen LogP contribution >= 0.6 is 0 Å². The van der Waals surface area contributed by atoms with E-state index in [-0.39, 0.29) is 35.5 Å². The van der Waals surface area contributed by atoms with Crippen molar-refractivity contribution in [1.29, 1.82) is 0 Å². The largest absolute Gasteiger partial charge is 2.00 e. The molecule has 62 valence electrons. The molecule has 0 fully saturated rings. The third-order valence-electron chi connectivity index (χ3n) is 1.53. The molecule has 0 radical (unpaired) electrons. The summed E-state index contributed by atoms with van der Waals surface area (Å²) in [6.45, 7) is 6.05. The molecule has 0 nitrogen and oxygen atoms in total. The topological polar surface area (TPSA) is 0 Å². The first-order valence-electron chi connectivity index (χ1n) is 3.74. The Balaban J connectivity index is 0. The van der Waals surface area contributed by atoms with Crippen molar-refractivity contribution in [1.82, 2.24) is 0 Å². The third kappa shape index (κ3) is 4.91. The van der Waals surface area contributed by atoms with Gasteiger partial charge in [0.25, 0.3) is 0 Å². The molecule has 0 saturated carbocycles. The van der Waals surface area contributed by atoms with Gasteiger partial charge in [0.1, 0.15) is 0 Å². The Morgan fingerprint density at radius 3 is 2.50 bits per heavy atom. The van der Waals surface area contributed by atoms with Crippen LogP contribution in [0.1, 0.15) is 24.5 Å². The van der Waals surface area contributed by atoms with Gasteiger partial charge in [-0.3, -0.25) is 0 Å². The van der Waals surface area contributed by atoms with Crippen molar-refractivity contribution >= 4 is 23.1 Å². The summed E-state index contributed by atoms with van der Waals surface area (Å²) in [5.41, 5.74) is 2.51. The van der Waals surface area contributed by atoms with Gasteiger partial charge in [0.2, 0.25) is 0 Å². The summed E-state index contributed by atoms with van der Waals surface area (Å²) in [6, 6.07) is 8.38. The second-order valence-corrected chi connectivity index (χ2v) is 2.57. The number of hydrogen-bond donors (Lipinski definition) is 0. The number of halogens is 1. The van der Waals surface area contributed by atoms with Crippen LogP contribution in [0.5, 0.6) is 0 Å². The Morgan fingerprint density at radius 1 is 1.33 bits per heavy atom. The monoisotopic (exact) mass is 192 g/mol. The molecule has 0 atom stereocenters. The SMILES string of the molecule is [CH2-]c1cccc(CCC)c1.[Cl-].[Mg+2]. The summed E-state index contributed by atoms with van der Waals surface area (Å²) in [6.07, 6.45) is 2.38. The average molecular weight is 193 g/mol. The van der Waals surface area contributed by atoms with Crippen LogP contribution in [0, 0.1) is 6.92 Å². The number of benzene rings is 1. The molecule has 0 aliphatic rings. The fourth-order valence-corrected chi connectivity index (χ4v) is 1.07. The van der Waals surface area contributed by atoms with E-state index in [4.69, 9.17) is 0 Å². The van der Waals surface area contributed by atoms with Gasteiger partial charge in [-0.05, 0) is 6.42 Å². The first-order valence-corrected chi connectivity index (χ1v) is 3.74. The molecule has 2 heteroatoms. The van der Waals surface area contributed by atoms with Crippen LogP contribution in [0.15, 0.2) is 24.3 Å². The van der Waals surface area contributed by atoms with E-state index < -0.39 is 0 Å². The predicted octanol–water partition coefficient (Wildman–Crippen LogP) is -0.556. The number of aryl methyl sites for hydroxylation is 1. The van der Waals surface area contributed by atoms with Gasteiger partial charge in [-0.2, -0.15) is 24.6 Å². The Hall–Kier alpha value is 0.146. The molecule has 0 N–H and O–H groups in total. The molecule has 12 heavy (non-hydrogen) atoms. The van der Waals surface area contributed by atoms with E-state index in [0.29, 0.717) is 0 Å². The molecule has 1 aromatic rings. The van der Waals surface area contributed by atoms with E-state index in [1.165, 1.54) is 18.4 Å². The van der Waals surface area contributed by atoms with Crippen molar-refractivity contribution in [3.8, 4) is 0 Å². The maximum atomic E-state index is 3.86. The Labute approximate surface area is 97.3 Å². The van der Waals surface area contributed by atoms with Gasteiger partial charge < -0.3 is 12.4 Å². The standard InChI is InChI=1S/C10H13.ClH.Mg/c1-3-5-10-7-4-6-9(2)8-10;;/h4,6-8H,2-3,5H2,1H3;1H;/q-1;;+2/p-1. The zero-order valence-corrected chi connectivity index (χ0v) is 9.69. The smallest absolute Gasteiger partial charge is 1.00 e. The Bertz CT molecular complexity index is 211. The molecule has 0 aliphatic heterocycles. The molecule has 1 aromatic carbocycles. The first-order chi connectivity index (χ1) is 4.83. The van der Waals surface area contributed by atoms with Crippen molar-refractivity contribution < 1.29 is 12.4 Å². The van der Waals surface area contributed by atoms with Crippen LogP contribution in [0.2, 0.25) is 0 Å². The Morgan fingerprint density at radius 2 is 2.00 bits per heavy atom. The quantitative estimate of drug-likeness (QED) is 0.436. The fourth-order valence-electron chi connectivity index (χ4n) is 1.07. The molecule has 0 bridgehead atoms. The van der Waals surface area contributed by atoms with Crippen LogP contribution in [0.4, 0.5) is 0 Å². The zero-order chi connectivity index (χ0) is 7.40. The fraction of sp³-hybridized carbons (Fsp3) is 0.300. The van der Waals surface area contributed by atoms with E-state index in [0.717, 1.165) is 5.56 Å². The van der Waals surface area contributed by atoms with Crippen molar-refractivity contribution in [2.45, 2.75) is 19.8 Å². The molecule has 0 aromatic heterocycles.